The average Bonchev–Trinajstić information content (AvgIpc) is 3.05. The smallest absolute Gasteiger partial charge is 0.162 e. The van der Waals surface area contributed by atoms with Crippen molar-refractivity contribution in [2.45, 2.75) is 18.8 Å². The van der Waals surface area contributed by atoms with E-state index in [1.54, 1.807) is 11.3 Å². The van der Waals surface area contributed by atoms with Gasteiger partial charge in [-0.2, -0.15) is 0 Å². The van der Waals surface area contributed by atoms with Gasteiger partial charge < -0.3 is 20.1 Å². The van der Waals surface area contributed by atoms with Crippen LogP contribution in [0.15, 0.2) is 47.8 Å². The minimum atomic E-state index is -0.427. The van der Waals surface area contributed by atoms with Gasteiger partial charge >= 0.3 is 0 Å². The topological polar surface area (TPSA) is 50.5 Å². The first kappa shape index (κ1) is 18.1. The third-order valence-corrected chi connectivity index (χ3v) is 4.72. The first-order chi connectivity index (χ1) is 11.2. The summed E-state index contributed by atoms with van der Waals surface area (Å²) in [6, 6.07) is 15.0. The zero-order chi connectivity index (χ0) is 16.5. The lowest BCUT2D eigenvalue weighted by atomic mass is 10.1. The number of aliphatic hydroxyl groups excluding tert-OH is 1. The van der Waals surface area contributed by atoms with Crippen LogP contribution in [0.4, 0.5) is 0 Å². The minimum absolute atomic E-state index is 0.388. The van der Waals surface area contributed by atoms with E-state index in [0.717, 1.165) is 6.54 Å². The van der Waals surface area contributed by atoms with Crippen molar-refractivity contribution in [2.24, 2.45) is 0 Å². The summed E-state index contributed by atoms with van der Waals surface area (Å²) < 4.78 is 5.56. The number of hydrogen-bond donors (Lipinski definition) is 3. The summed E-state index contributed by atoms with van der Waals surface area (Å²) in [6.07, 6.45) is -0.427. The molecule has 23 heavy (non-hydrogen) atoms. The van der Waals surface area contributed by atoms with E-state index in [-0.39, 0.29) is 0 Å². The van der Waals surface area contributed by atoms with Crippen LogP contribution in [0.1, 0.15) is 16.5 Å². The molecule has 0 fully saturated rings. The van der Waals surface area contributed by atoms with Crippen molar-refractivity contribution in [2.75, 3.05) is 33.8 Å². The van der Waals surface area contributed by atoms with Gasteiger partial charge in [-0.3, -0.25) is 0 Å². The maximum atomic E-state index is 10.0. The molecule has 0 saturated heterocycles. The van der Waals surface area contributed by atoms with Crippen molar-refractivity contribution in [3.8, 4) is 0 Å². The van der Waals surface area contributed by atoms with Crippen LogP contribution in [0.25, 0.3) is 0 Å². The van der Waals surface area contributed by atoms with Crippen LogP contribution in [0.3, 0.4) is 0 Å². The maximum absolute atomic E-state index is 10.0. The molecule has 2 aromatic rings. The Balaban J connectivity index is 1.67. The van der Waals surface area contributed by atoms with Gasteiger partial charge in [0.1, 0.15) is 19.2 Å². The molecule has 1 aromatic heterocycles. The highest BCUT2D eigenvalue weighted by Crippen LogP contribution is 2.09. The van der Waals surface area contributed by atoms with Gasteiger partial charge in [-0.15, -0.1) is 11.3 Å². The standard InChI is InChI=1S/C18H26N2O2S/c1-20(2)18(15-7-4-3-5-8-15)12-19-11-16(21)13-22-14-17-9-6-10-23-17/h3-10,16,18-19,21H,11-14H2,1-2H3/p+2/t16-,18+/m0/s1. The monoisotopic (exact) mass is 336 g/mol. The summed E-state index contributed by atoms with van der Waals surface area (Å²) in [5.74, 6) is 0. The molecule has 0 aliphatic heterocycles. The first-order valence-electron chi connectivity index (χ1n) is 8.11. The molecular weight excluding hydrogens is 308 g/mol. The van der Waals surface area contributed by atoms with E-state index in [1.165, 1.54) is 15.3 Å². The number of thiophene rings is 1. The molecule has 0 bridgehead atoms. The Labute approximate surface area is 142 Å². The van der Waals surface area contributed by atoms with Crippen molar-refractivity contribution < 1.29 is 20.1 Å². The molecule has 0 unspecified atom stereocenters. The predicted octanol–water partition coefficient (Wildman–Crippen LogP) is 0.0748. The van der Waals surface area contributed by atoms with Crippen LogP contribution in [-0.2, 0) is 11.3 Å². The maximum Gasteiger partial charge on any atom is 0.162 e. The second-order valence-corrected chi connectivity index (χ2v) is 7.08. The van der Waals surface area contributed by atoms with Gasteiger partial charge in [-0.25, -0.2) is 0 Å². The number of likely N-dealkylation sites (N-methyl/N-ethyl adjacent to an activating group) is 1. The number of nitrogens with one attached hydrogen (secondary N) is 1. The summed E-state index contributed by atoms with van der Waals surface area (Å²) in [4.78, 5) is 2.59. The van der Waals surface area contributed by atoms with E-state index in [4.69, 9.17) is 4.74 Å². The Morgan fingerprint density at radius 3 is 2.57 bits per heavy atom. The van der Waals surface area contributed by atoms with Gasteiger partial charge in [0.15, 0.2) is 6.04 Å². The van der Waals surface area contributed by atoms with Gasteiger partial charge in [0.2, 0.25) is 0 Å². The number of aliphatic hydroxyl groups is 1. The number of benzene rings is 1. The van der Waals surface area contributed by atoms with Crippen LogP contribution < -0.4 is 10.2 Å². The highest BCUT2D eigenvalue weighted by atomic mass is 32.1. The highest BCUT2D eigenvalue weighted by molar-refractivity contribution is 7.09. The fraction of sp³-hybridized carbons (Fsp3) is 0.444. The van der Waals surface area contributed by atoms with E-state index in [9.17, 15) is 5.11 Å². The molecule has 4 N–H and O–H groups in total. The molecule has 5 heteroatoms. The van der Waals surface area contributed by atoms with E-state index < -0.39 is 6.10 Å². The lowest BCUT2D eigenvalue weighted by molar-refractivity contribution is -0.909. The molecule has 0 aliphatic rings. The van der Waals surface area contributed by atoms with Crippen LogP contribution in [0.2, 0.25) is 0 Å². The Morgan fingerprint density at radius 1 is 1.13 bits per heavy atom. The first-order valence-corrected chi connectivity index (χ1v) is 8.99. The lowest BCUT2D eigenvalue weighted by Gasteiger charge is -2.21. The molecule has 0 saturated carbocycles. The van der Waals surface area contributed by atoms with E-state index in [0.29, 0.717) is 25.8 Å². The second-order valence-electron chi connectivity index (χ2n) is 6.05. The normalized spacial score (nSPS) is 14.1. The molecular formula is C18H28N2O2S+2. The van der Waals surface area contributed by atoms with Crippen LogP contribution >= 0.6 is 11.3 Å². The minimum Gasteiger partial charge on any atom is -0.385 e. The molecule has 0 spiro atoms. The summed E-state index contributed by atoms with van der Waals surface area (Å²) in [7, 11) is 4.35. The SMILES string of the molecule is C[NH+](C)[C@H](C[NH2+]C[C@H](O)COCc1cccs1)c1ccccc1. The Morgan fingerprint density at radius 2 is 1.91 bits per heavy atom. The fourth-order valence-corrected chi connectivity index (χ4v) is 3.24. The number of nitrogens with two attached hydrogens (primary N) is 1. The number of rotatable bonds is 10. The van der Waals surface area contributed by atoms with Crippen LogP contribution in [0, 0.1) is 0 Å². The molecule has 0 amide bonds. The Kier molecular flexibility index (Phi) is 7.71. The summed E-state index contributed by atoms with van der Waals surface area (Å²) >= 11 is 1.68. The van der Waals surface area contributed by atoms with Gasteiger partial charge in [0.05, 0.1) is 27.3 Å². The second kappa shape index (κ2) is 9.80. The third-order valence-electron chi connectivity index (χ3n) is 3.87. The molecule has 0 radical (unpaired) electrons. The lowest BCUT2D eigenvalue weighted by Crippen LogP contribution is -3.09. The predicted molar refractivity (Wildman–Crippen MR) is 93.6 cm³/mol. The van der Waals surface area contributed by atoms with Crippen molar-refractivity contribution in [1.82, 2.24) is 0 Å². The Hall–Kier alpha value is -1.24. The summed E-state index contributed by atoms with van der Waals surface area (Å²) in [6.45, 7) is 2.60. The van der Waals surface area contributed by atoms with E-state index in [1.807, 2.05) is 23.6 Å². The molecule has 126 valence electrons. The molecule has 1 heterocycles. The largest absolute Gasteiger partial charge is 0.385 e. The quantitative estimate of drug-likeness (QED) is 0.575. The van der Waals surface area contributed by atoms with Crippen LogP contribution in [-0.4, -0.2) is 45.0 Å². The fourth-order valence-electron chi connectivity index (χ4n) is 2.60. The molecule has 1 aromatic carbocycles. The molecule has 2 rings (SSSR count). The van der Waals surface area contributed by atoms with Crippen LogP contribution in [0.5, 0.6) is 0 Å². The number of quaternary nitrogens is 2. The number of ether oxygens (including phenoxy) is 1. The van der Waals surface area contributed by atoms with Gasteiger partial charge in [0.25, 0.3) is 0 Å². The van der Waals surface area contributed by atoms with Crippen molar-refractivity contribution in [3.63, 3.8) is 0 Å². The van der Waals surface area contributed by atoms with Gasteiger partial charge in [-0.05, 0) is 11.4 Å². The van der Waals surface area contributed by atoms with Crippen molar-refractivity contribution in [3.05, 3.63) is 58.3 Å². The van der Waals surface area contributed by atoms with Gasteiger partial charge in [0, 0.05) is 10.4 Å². The van der Waals surface area contributed by atoms with E-state index >= 15 is 0 Å². The number of hydrogen-bond acceptors (Lipinski definition) is 3. The van der Waals surface area contributed by atoms with E-state index in [2.05, 4.69) is 43.7 Å². The van der Waals surface area contributed by atoms with Crippen molar-refractivity contribution in [1.29, 1.82) is 0 Å². The average molecular weight is 337 g/mol. The highest BCUT2D eigenvalue weighted by Gasteiger charge is 2.20. The zero-order valence-electron chi connectivity index (χ0n) is 13.9. The zero-order valence-corrected chi connectivity index (χ0v) is 14.8. The molecule has 2 atom stereocenters. The molecule has 4 nitrogen and oxygen atoms in total. The van der Waals surface area contributed by atoms with Gasteiger partial charge in [-0.1, -0.05) is 36.4 Å². The third kappa shape index (κ3) is 6.41. The van der Waals surface area contributed by atoms with Crippen molar-refractivity contribution >= 4 is 11.3 Å². The molecule has 0 aliphatic carbocycles. The summed E-state index contributed by atoms with van der Waals surface area (Å²) in [5.41, 5.74) is 1.34. The summed E-state index contributed by atoms with van der Waals surface area (Å²) in [5, 5.41) is 14.3. The Bertz CT molecular complexity index is 531.